The molecule has 0 fully saturated rings. The summed E-state index contributed by atoms with van der Waals surface area (Å²) in [4.78, 5) is 2.44. The number of hydrogen-bond donors (Lipinski definition) is 0. The van der Waals surface area contributed by atoms with Gasteiger partial charge >= 0.3 is 0 Å². The molecule has 58 heavy (non-hydrogen) atoms. The summed E-state index contributed by atoms with van der Waals surface area (Å²) in [5.41, 5.74) is 15.5. The molecule has 1 aliphatic rings. The smallest absolute Gasteiger partial charge is 0.0713 e. The van der Waals surface area contributed by atoms with Crippen LogP contribution in [0.5, 0.6) is 0 Å². The molecule has 1 heteroatoms. The van der Waals surface area contributed by atoms with E-state index in [9.17, 15) is 0 Å². The topological polar surface area (TPSA) is 3.24 Å². The molecule has 0 amide bonds. The fourth-order valence-corrected chi connectivity index (χ4v) is 9.51. The summed E-state index contributed by atoms with van der Waals surface area (Å²) in [6, 6.07) is 86.7. The second-order valence-corrected chi connectivity index (χ2v) is 15.2. The third-order valence-electron chi connectivity index (χ3n) is 12.2. The van der Waals surface area contributed by atoms with Gasteiger partial charge in [-0.25, -0.2) is 0 Å². The van der Waals surface area contributed by atoms with Crippen molar-refractivity contribution in [1.29, 1.82) is 0 Å². The average molecular weight is 738 g/mol. The average Bonchev–Trinajstić information content (AvgIpc) is 3.61. The Morgan fingerprint density at radius 1 is 0.293 bits per heavy atom. The van der Waals surface area contributed by atoms with E-state index in [1.807, 2.05) is 0 Å². The Morgan fingerprint density at radius 2 is 0.707 bits per heavy atom. The minimum absolute atomic E-state index is 0.453. The van der Waals surface area contributed by atoms with Gasteiger partial charge in [-0.3, -0.25) is 0 Å². The van der Waals surface area contributed by atoms with Gasteiger partial charge in [0.25, 0.3) is 0 Å². The molecule has 0 aromatic heterocycles. The molecular formula is C57H39N. The van der Waals surface area contributed by atoms with Crippen LogP contribution in [0.3, 0.4) is 0 Å². The molecule has 0 atom stereocenters. The highest BCUT2D eigenvalue weighted by atomic mass is 15.1. The van der Waals surface area contributed by atoms with E-state index in [2.05, 4.69) is 241 Å². The van der Waals surface area contributed by atoms with Gasteiger partial charge in [0.1, 0.15) is 0 Å². The minimum atomic E-state index is -0.453. The van der Waals surface area contributed by atoms with Gasteiger partial charge < -0.3 is 4.90 Å². The van der Waals surface area contributed by atoms with Gasteiger partial charge in [0.15, 0.2) is 0 Å². The van der Waals surface area contributed by atoms with E-state index in [4.69, 9.17) is 0 Å². The van der Waals surface area contributed by atoms with E-state index < -0.39 is 5.41 Å². The number of hydrogen-bond acceptors (Lipinski definition) is 1. The predicted octanol–water partition coefficient (Wildman–Crippen LogP) is 15.2. The van der Waals surface area contributed by atoms with Crippen LogP contribution in [0, 0.1) is 0 Å². The molecule has 0 spiro atoms. The van der Waals surface area contributed by atoms with Crippen molar-refractivity contribution in [2.75, 3.05) is 4.90 Å². The number of nitrogens with zero attached hydrogens (tertiary/aromatic N) is 1. The van der Waals surface area contributed by atoms with Crippen LogP contribution in [-0.4, -0.2) is 0 Å². The van der Waals surface area contributed by atoms with Crippen LogP contribution in [0.1, 0.15) is 22.3 Å². The zero-order valence-electron chi connectivity index (χ0n) is 32.0. The molecule has 10 aromatic carbocycles. The second-order valence-electron chi connectivity index (χ2n) is 15.2. The van der Waals surface area contributed by atoms with E-state index >= 15 is 0 Å². The highest BCUT2D eigenvalue weighted by molar-refractivity contribution is 6.14. The zero-order chi connectivity index (χ0) is 38.5. The summed E-state index contributed by atoms with van der Waals surface area (Å²) in [5, 5.41) is 4.93. The SMILES string of the molecule is c1ccc(-c2ccc(-c3ccc(N(c4ccc(C5(c6ccccc6)c6ccccc6-c6ccccc65)cc4)c4cc5ccccc5c5ccccc45)cc3)cc2)cc1. The van der Waals surface area contributed by atoms with Gasteiger partial charge in [0.05, 0.1) is 11.1 Å². The zero-order valence-corrected chi connectivity index (χ0v) is 32.0. The normalized spacial score (nSPS) is 12.6. The highest BCUT2D eigenvalue weighted by Crippen LogP contribution is 2.56. The molecule has 11 rings (SSSR count). The molecule has 272 valence electrons. The summed E-state index contributed by atoms with van der Waals surface area (Å²) < 4.78 is 0. The van der Waals surface area contributed by atoms with Crippen molar-refractivity contribution >= 4 is 38.6 Å². The minimum Gasteiger partial charge on any atom is -0.310 e. The van der Waals surface area contributed by atoms with E-state index in [0.29, 0.717) is 0 Å². The fourth-order valence-electron chi connectivity index (χ4n) is 9.51. The van der Waals surface area contributed by atoms with Crippen molar-refractivity contribution in [3.8, 4) is 33.4 Å². The maximum atomic E-state index is 2.44. The van der Waals surface area contributed by atoms with Crippen molar-refractivity contribution < 1.29 is 0 Å². The van der Waals surface area contributed by atoms with Crippen molar-refractivity contribution in [1.82, 2.24) is 0 Å². The first-order valence-corrected chi connectivity index (χ1v) is 20.1. The van der Waals surface area contributed by atoms with Crippen LogP contribution in [-0.2, 0) is 5.41 Å². The molecule has 1 nitrogen and oxygen atoms in total. The van der Waals surface area contributed by atoms with Gasteiger partial charge in [-0.05, 0) is 102 Å². The number of rotatable bonds is 7. The van der Waals surface area contributed by atoms with Crippen LogP contribution < -0.4 is 4.90 Å². The summed E-state index contributed by atoms with van der Waals surface area (Å²) in [7, 11) is 0. The van der Waals surface area contributed by atoms with Crippen LogP contribution in [0.25, 0.3) is 54.9 Å². The molecule has 0 heterocycles. The first kappa shape index (κ1) is 33.8. The Balaban J connectivity index is 1.07. The van der Waals surface area contributed by atoms with E-state index in [1.165, 1.54) is 77.2 Å². The number of fused-ring (bicyclic) bond motifs is 6. The lowest BCUT2D eigenvalue weighted by Crippen LogP contribution is -2.28. The predicted molar refractivity (Wildman–Crippen MR) is 244 cm³/mol. The lowest BCUT2D eigenvalue weighted by Gasteiger charge is -2.34. The Bertz CT molecular complexity index is 3030. The molecule has 0 saturated heterocycles. The first-order chi connectivity index (χ1) is 28.8. The Labute approximate surface area is 339 Å². The lowest BCUT2D eigenvalue weighted by atomic mass is 9.68. The Hall–Kier alpha value is -7.48. The van der Waals surface area contributed by atoms with Gasteiger partial charge in [-0.2, -0.15) is 0 Å². The summed E-state index contributed by atoms with van der Waals surface area (Å²) in [6.07, 6.45) is 0. The van der Waals surface area contributed by atoms with Gasteiger partial charge in [0.2, 0.25) is 0 Å². The number of benzene rings is 10. The molecule has 0 bridgehead atoms. The summed E-state index contributed by atoms with van der Waals surface area (Å²) in [6.45, 7) is 0. The third kappa shape index (κ3) is 5.39. The largest absolute Gasteiger partial charge is 0.310 e. The van der Waals surface area contributed by atoms with Crippen LogP contribution in [0.4, 0.5) is 17.1 Å². The van der Waals surface area contributed by atoms with Crippen LogP contribution >= 0.6 is 0 Å². The molecule has 10 aromatic rings. The van der Waals surface area contributed by atoms with E-state index in [0.717, 1.165) is 17.1 Å². The van der Waals surface area contributed by atoms with E-state index in [-0.39, 0.29) is 0 Å². The van der Waals surface area contributed by atoms with Crippen LogP contribution in [0.2, 0.25) is 0 Å². The van der Waals surface area contributed by atoms with E-state index in [1.54, 1.807) is 0 Å². The molecule has 0 radical (unpaired) electrons. The second kappa shape index (κ2) is 13.9. The summed E-state index contributed by atoms with van der Waals surface area (Å²) in [5.74, 6) is 0. The maximum Gasteiger partial charge on any atom is 0.0713 e. The summed E-state index contributed by atoms with van der Waals surface area (Å²) >= 11 is 0. The molecule has 0 aliphatic heterocycles. The number of anilines is 3. The molecule has 1 aliphatic carbocycles. The molecular weight excluding hydrogens is 699 g/mol. The molecule has 0 N–H and O–H groups in total. The van der Waals surface area contributed by atoms with Crippen molar-refractivity contribution in [2.24, 2.45) is 0 Å². The van der Waals surface area contributed by atoms with Crippen molar-refractivity contribution in [2.45, 2.75) is 5.41 Å². The van der Waals surface area contributed by atoms with Gasteiger partial charge in [-0.15, -0.1) is 0 Å². The molecule has 0 unspecified atom stereocenters. The Morgan fingerprint density at radius 3 is 1.31 bits per heavy atom. The maximum absolute atomic E-state index is 2.44. The van der Waals surface area contributed by atoms with Crippen molar-refractivity contribution in [3.05, 3.63) is 259 Å². The van der Waals surface area contributed by atoms with Crippen molar-refractivity contribution in [3.63, 3.8) is 0 Å². The van der Waals surface area contributed by atoms with Crippen LogP contribution in [0.15, 0.2) is 237 Å². The van der Waals surface area contributed by atoms with Gasteiger partial charge in [-0.1, -0.05) is 206 Å². The molecule has 0 saturated carbocycles. The Kier molecular flexibility index (Phi) is 8.12. The highest BCUT2D eigenvalue weighted by Gasteiger charge is 2.45. The van der Waals surface area contributed by atoms with Gasteiger partial charge in [0, 0.05) is 16.8 Å². The first-order valence-electron chi connectivity index (χ1n) is 20.1. The lowest BCUT2D eigenvalue weighted by molar-refractivity contribution is 0.768. The third-order valence-corrected chi connectivity index (χ3v) is 12.2. The standard InChI is InChI=1S/C57H39N/c1-3-15-40(16-4-1)41-27-29-42(30-28-41)43-31-35-47(36-32-43)58(56-39-44-17-7-8-20-49(44)50-21-9-10-24-53(50)56)48-37-33-46(34-38-48)57(45-18-5-2-6-19-45)54-25-13-11-22-51(54)52-23-12-14-26-55(52)57/h1-39H. The monoisotopic (exact) mass is 737 g/mol. The fraction of sp³-hybridized carbons (Fsp3) is 0.0175. The quantitative estimate of drug-likeness (QED) is 0.147.